The van der Waals surface area contributed by atoms with Gasteiger partial charge < -0.3 is 25.4 Å². The van der Waals surface area contributed by atoms with Crippen LogP contribution in [0.15, 0.2) is 48.5 Å². The minimum absolute atomic E-state index is 0.119. The smallest absolute Gasteiger partial charge is 0.315 e. The Labute approximate surface area is 189 Å². The van der Waals surface area contributed by atoms with Crippen LogP contribution in [-0.4, -0.2) is 31.6 Å². The first-order valence-electron chi connectivity index (χ1n) is 11.3. The maximum atomic E-state index is 12.1. The molecule has 3 N–H and O–H groups in total. The Morgan fingerprint density at radius 3 is 2.47 bits per heavy atom. The van der Waals surface area contributed by atoms with Gasteiger partial charge in [0.2, 0.25) is 5.91 Å². The summed E-state index contributed by atoms with van der Waals surface area (Å²) in [5.74, 6) is 1.15. The van der Waals surface area contributed by atoms with Crippen molar-refractivity contribution in [1.29, 1.82) is 0 Å². The van der Waals surface area contributed by atoms with Gasteiger partial charge in [0.15, 0.2) is 11.5 Å². The third-order valence-electron chi connectivity index (χ3n) is 5.53. The molecule has 0 aromatic heterocycles. The number of carbonyl (C=O) groups is 2. The first-order valence-corrected chi connectivity index (χ1v) is 11.3. The molecule has 0 aliphatic heterocycles. The van der Waals surface area contributed by atoms with Crippen LogP contribution in [-0.2, 0) is 17.9 Å². The van der Waals surface area contributed by atoms with E-state index in [1.807, 2.05) is 48.5 Å². The molecular formula is C25H33N3O4. The van der Waals surface area contributed by atoms with E-state index in [9.17, 15) is 9.59 Å². The first kappa shape index (κ1) is 23.4. The van der Waals surface area contributed by atoms with Crippen LogP contribution < -0.4 is 25.4 Å². The lowest BCUT2D eigenvalue weighted by atomic mass is 9.96. The van der Waals surface area contributed by atoms with E-state index in [2.05, 4.69) is 16.0 Å². The van der Waals surface area contributed by atoms with Crippen LogP contribution in [0.5, 0.6) is 11.5 Å². The molecule has 3 rings (SSSR count). The fourth-order valence-corrected chi connectivity index (χ4v) is 3.74. The van der Waals surface area contributed by atoms with Crippen LogP contribution in [0.4, 0.5) is 4.79 Å². The number of urea groups is 1. The molecule has 7 nitrogen and oxygen atoms in total. The molecule has 0 unspecified atom stereocenters. The number of ether oxygens (including phenoxy) is 2. The SMILES string of the molecule is COc1cc(CNC(=O)CCNC(=O)NC2CCCCC2)ccc1OCc1ccccc1. The zero-order valence-electron chi connectivity index (χ0n) is 18.7. The molecule has 2 aromatic rings. The second-order valence-corrected chi connectivity index (χ2v) is 8.02. The molecule has 32 heavy (non-hydrogen) atoms. The van der Waals surface area contributed by atoms with E-state index < -0.39 is 0 Å². The molecule has 0 radical (unpaired) electrons. The molecule has 1 saturated carbocycles. The highest BCUT2D eigenvalue weighted by Gasteiger charge is 2.15. The van der Waals surface area contributed by atoms with E-state index in [0.717, 1.165) is 36.8 Å². The van der Waals surface area contributed by atoms with Crippen LogP contribution in [0, 0.1) is 0 Å². The summed E-state index contributed by atoms with van der Waals surface area (Å²) in [5.41, 5.74) is 1.98. The molecule has 0 spiro atoms. The lowest BCUT2D eigenvalue weighted by molar-refractivity contribution is -0.121. The summed E-state index contributed by atoms with van der Waals surface area (Å²) in [5, 5.41) is 8.62. The Morgan fingerprint density at radius 2 is 1.72 bits per heavy atom. The van der Waals surface area contributed by atoms with Crippen molar-refractivity contribution in [3.63, 3.8) is 0 Å². The fraction of sp³-hybridized carbons (Fsp3) is 0.440. The Hall–Kier alpha value is -3.22. The van der Waals surface area contributed by atoms with E-state index in [4.69, 9.17) is 9.47 Å². The summed E-state index contributed by atoms with van der Waals surface area (Å²) < 4.78 is 11.3. The predicted molar refractivity (Wildman–Crippen MR) is 124 cm³/mol. The number of hydrogen-bond acceptors (Lipinski definition) is 4. The second-order valence-electron chi connectivity index (χ2n) is 8.02. The average Bonchev–Trinajstić information content (AvgIpc) is 2.83. The van der Waals surface area contributed by atoms with Crippen LogP contribution in [0.2, 0.25) is 0 Å². The molecule has 3 amide bonds. The lowest BCUT2D eigenvalue weighted by Crippen LogP contribution is -2.43. The number of amides is 3. The van der Waals surface area contributed by atoms with Gasteiger partial charge in [-0.15, -0.1) is 0 Å². The van der Waals surface area contributed by atoms with Crippen molar-refractivity contribution < 1.29 is 19.1 Å². The molecule has 0 saturated heterocycles. The topological polar surface area (TPSA) is 88.7 Å². The van der Waals surface area contributed by atoms with Gasteiger partial charge in [-0.1, -0.05) is 55.7 Å². The summed E-state index contributed by atoms with van der Waals surface area (Å²) in [6, 6.07) is 15.6. The van der Waals surface area contributed by atoms with Gasteiger partial charge in [-0.3, -0.25) is 4.79 Å². The van der Waals surface area contributed by atoms with Crippen molar-refractivity contribution in [1.82, 2.24) is 16.0 Å². The van der Waals surface area contributed by atoms with E-state index in [-0.39, 0.29) is 24.4 Å². The van der Waals surface area contributed by atoms with Crippen LogP contribution in [0.1, 0.15) is 49.7 Å². The van der Waals surface area contributed by atoms with Gasteiger partial charge in [-0.05, 0) is 36.1 Å². The molecule has 1 aliphatic carbocycles. The van der Waals surface area contributed by atoms with Crippen molar-refractivity contribution >= 4 is 11.9 Å². The first-order chi connectivity index (χ1) is 15.6. The van der Waals surface area contributed by atoms with E-state index in [0.29, 0.717) is 31.2 Å². The molecule has 2 aromatic carbocycles. The van der Waals surface area contributed by atoms with Crippen molar-refractivity contribution in [3.05, 3.63) is 59.7 Å². The quantitative estimate of drug-likeness (QED) is 0.524. The van der Waals surface area contributed by atoms with Gasteiger partial charge in [-0.2, -0.15) is 0 Å². The molecule has 1 fully saturated rings. The highest BCUT2D eigenvalue weighted by atomic mass is 16.5. The van der Waals surface area contributed by atoms with Crippen molar-refractivity contribution in [3.8, 4) is 11.5 Å². The van der Waals surface area contributed by atoms with Crippen molar-refractivity contribution in [2.75, 3.05) is 13.7 Å². The number of hydrogen-bond donors (Lipinski definition) is 3. The third-order valence-corrected chi connectivity index (χ3v) is 5.53. The molecule has 0 heterocycles. The molecule has 0 bridgehead atoms. The minimum Gasteiger partial charge on any atom is -0.493 e. The van der Waals surface area contributed by atoms with Crippen molar-refractivity contribution in [2.24, 2.45) is 0 Å². The monoisotopic (exact) mass is 439 g/mol. The Bertz CT molecular complexity index is 867. The number of carbonyl (C=O) groups excluding carboxylic acids is 2. The molecule has 0 atom stereocenters. The van der Waals surface area contributed by atoms with Gasteiger partial charge in [0.05, 0.1) is 7.11 Å². The largest absolute Gasteiger partial charge is 0.493 e. The van der Waals surface area contributed by atoms with E-state index >= 15 is 0 Å². The van der Waals surface area contributed by atoms with Gasteiger partial charge in [0.25, 0.3) is 0 Å². The molecular weight excluding hydrogens is 406 g/mol. The number of methoxy groups -OCH3 is 1. The number of benzene rings is 2. The average molecular weight is 440 g/mol. The zero-order valence-corrected chi connectivity index (χ0v) is 18.7. The second kappa shape index (κ2) is 12.6. The summed E-state index contributed by atoms with van der Waals surface area (Å²) in [4.78, 5) is 24.1. The number of nitrogens with one attached hydrogen (secondary N) is 3. The zero-order chi connectivity index (χ0) is 22.6. The Balaban J connectivity index is 1.37. The molecule has 7 heteroatoms. The van der Waals surface area contributed by atoms with Crippen LogP contribution in [0.25, 0.3) is 0 Å². The maximum absolute atomic E-state index is 12.1. The van der Waals surface area contributed by atoms with E-state index in [1.54, 1.807) is 7.11 Å². The molecule has 1 aliphatic rings. The minimum atomic E-state index is -0.194. The van der Waals surface area contributed by atoms with Crippen molar-refractivity contribution in [2.45, 2.75) is 57.7 Å². The number of rotatable bonds is 10. The summed E-state index contributed by atoms with van der Waals surface area (Å²) in [7, 11) is 1.59. The van der Waals surface area contributed by atoms with Crippen LogP contribution in [0.3, 0.4) is 0 Å². The lowest BCUT2D eigenvalue weighted by Gasteiger charge is -2.22. The van der Waals surface area contributed by atoms with Crippen LogP contribution >= 0.6 is 0 Å². The van der Waals surface area contributed by atoms with Gasteiger partial charge in [0, 0.05) is 25.6 Å². The highest BCUT2D eigenvalue weighted by Crippen LogP contribution is 2.28. The summed E-state index contributed by atoms with van der Waals surface area (Å²) in [6.07, 6.45) is 5.88. The standard InChI is InChI=1S/C25H33N3O4/c1-31-23-16-20(12-13-22(23)32-18-19-8-4-2-5-9-19)17-27-24(29)14-15-26-25(30)28-21-10-6-3-7-11-21/h2,4-5,8-9,12-13,16,21H,3,6-7,10-11,14-15,17-18H2,1H3,(H,27,29)(H2,26,28,30). The summed E-state index contributed by atoms with van der Waals surface area (Å²) >= 11 is 0. The Kier molecular flexibility index (Phi) is 9.22. The van der Waals surface area contributed by atoms with E-state index in [1.165, 1.54) is 6.42 Å². The van der Waals surface area contributed by atoms with Gasteiger partial charge >= 0.3 is 6.03 Å². The Morgan fingerprint density at radius 1 is 0.938 bits per heavy atom. The summed E-state index contributed by atoms with van der Waals surface area (Å²) in [6.45, 7) is 1.14. The predicted octanol–water partition coefficient (Wildman–Crippen LogP) is 3.91. The fourth-order valence-electron chi connectivity index (χ4n) is 3.74. The highest BCUT2D eigenvalue weighted by molar-refractivity contribution is 5.78. The maximum Gasteiger partial charge on any atom is 0.315 e. The normalized spacial score (nSPS) is 13.8. The van der Waals surface area contributed by atoms with Gasteiger partial charge in [0.1, 0.15) is 6.61 Å². The third kappa shape index (κ3) is 7.80. The van der Waals surface area contributed by atoms with Gasteiger partial charge in [-0.25, -0.2) is 4.79 Å². The molecule has 172 valence electrons.